The van der Waals surface area contributed by atoms with Crippen LogP contribution in [0.2, 0.25) is 0 Å². The molecule has 1 aromatic rings. The van der Waals surface area contributed by atoms with Crippen LogP contribution in [0.3, 0.4) is 0 Å². The average Bonchev–Trinajstić information content (AvgIpc) is 2.28. The molecule has 1 saturated heterocycles. The van der Waals surface area contributed by atoms with Gasteiger partial charge < -0.3 is 10.0 Å². The lowest BCUT2D eigenvalue weighted by Gasteiger charge is -2.36. The normalized spacial score (nSPS) is 24.7. The molecule has 1 aliphatic heterocycles. The number of aryl methyl sites for hydroxylation is 1. The second-order valence-corrected chi connectivity index (χ2v) is 4.94. The standard InChI is InChI=1S/C13H18N2O2/c1-9-5-11(13(16)17)8-15(7-9)12-3-4-14-10(2)6-12/h3-4,6,9,11H,5,7-8H2,1-2H3,(H,16,17). The van der Waals surface area contributed by atoms with Crippen LogP contribution in [-0.2, 0) is 4.79 Å². The van der Waals surface area contributed by atoms with Crippen LogP contribution < -0.4 is 4.90 Å². The van der Waals surface area contributed by atoms with E-state index in [0.29, 0.717) is 12.5 Å². The van der Waals surface area contributed by atoms with E-state index in [4.69, 9.17) is 5.11 Å². The lowest BCUT2D eigenvalue weighted by Crippen LogP contribution is -2.42. The smallest absolute Gasteiger partial charge is 0.308 e. The van der Waals surface area contributed by atoms with Gasteiger partial charge in [-0.25, -0.2) is 0 Å². The van der Waals surface area contributed by atoms with Gasteiger partial charge in [-0.1, -0.05) is 6.92 Å². The Morgan fingerprint density at radius 1 is 1.53 bits per heavy atom. The van der Waals surface area contributed by atoms with Crippen LogP contribution in [0.1, 0.15) is 19.0 Å². The van der Waals surface area contributed by atoms with Gasteiger partial charge in [0.05, 0.1) is 5.92 Å². The molecule has 0 saturated carbocycles. The molecule has 17 heavy (non-hydrogen) atoms. The topological polar surface area (TPSA) is 53.4 Å². The van der Waals surface area contributed by atoms with E-state index in [1.807, 2.05) is 19.1 Å². The number of anilines is 1. The Bertz CT molecular complexity index is 420. The van der Waals surface area contributed by atoms with E-state index in [0.717, 1.165) is 24.3 Å². The molecule has 2 heterocycles. The number of aromatic nitrogens is 1. The number of hydrogen-bond donors (Lipinski definition) is 1. The summed E-state index contributed by atoms with van der Waals surface area (Å²) in [4.78, 5) is 17.4. The molecule has 0 aliphatic carbocycles. The largest absolute Gasteiger partial charge is 0.481 e. The molecule has 4 nitrogen and oxygen atoms in total. The minimum atomic E-state index is -0.688. The minimum absolute atomic E-state index is 0.257. The second kappa shape index (κ2) is 4.73. The fourth-order valence-corrected chi connectivity index (χ4v) is 2.47. The number of piperidine rings is 1. The Morgan fingerprint density at radius 3 is 2.94 bits per heavy atom. The monoisotopic (exact) mass is 234 g/mol. The molecule has 0 radical (unpaired) electrons. The van der Waals surface area contributed by atoms with Crippen molar-refractivity contribution in [1.29, 1.82) is 0 Å². The Balaban J connectivity index is 2.18. The zero-order valence-corrected chi connectivity index (χ0v) is 10.3. The van der Waals surface area contributed by atoms with E-state index in [1.165, 1.54) is 0 Å². The number of rotatable bonds is 2. The molecule has 1 aromatic heterocycles. The van der Waals surface area contributed by atoms with E-state index in [-0.39, 0.29) is 5.92 Å². The number of nitrogens with zero attached hydrogens (tertiary/aromatic N) is 2. The van der Waals surface area contributed by atoms with Crippen LogP contribution in [0, 0.1) is 18.8 Å². The van der Waals surface area contributed by atoms with E-state index >= 15 is 0 Å². The molecule has 1 aliphatic rings. The summed E-state index contributed by atoms with van der Waals surface area (Å²) in [6, 6.07) is 3.96. The summed E-state index contributed by atoms with van der Waals surface area (Å²) in [5.74, 6) is -0.530. The molecular formula is C13H18N2O2. The second-order valence-electron chi connectivity index (χ2n) is 4.94. The zero-order chi connectivity index (χ0) is 12.4. The van der Waals surface area contributed by atoms with Gasteiger partial charge in [-0.05, 0) is 31.4 Å². The summed E-state index contributed by atoms with van der Waals surface area (Å²) >= 11 is 0. The molecule has 2 rings (SSSR count). The molecule has 0 aromatic carbocycles. The molecular weight excluding hydrogens is 216 g/mol. The molecule has 0 spiro atoms. The van der Waals surface area contributed by atoms with Gasteiger partial charge in [-0.15, -0.1) is 0 Å². The summed E-state index contributed by atoms with van der Waals surface area (Å²) < 4.78 is 0. The minimum Gasteiger partial charge on any atom is -0.481 e. The van der Waals surface area contributed by atoms with Crippen molar-refractivity contribution >= 4 is 11.7 Å². The number of pyridine rings is 1. The summed E-state index contributed by atoms with van der Waals surface area (Å²) in [6.07, 6.45) is 2.55. The van der Waals surface area contributed by atoms with Crippen molar-refractivity contribution < 1.29 is 9.90 Å². The van der Waals surface area contributed by atoms with Crippen molar-refractivity contribution in [3.8, 4) is 0 Å². The highest BCUT2D eigenvalue weighted by Gasteiger charge is 2.29. The molecule has 1 N–H and O–H groups in total. The lowest BCUT2D eigenvalue weighted by molar-refractivity contribution is -0.142. The maximum atomic E-state index is 11.1. The SMILES string of the molecule is Cc1cc(N2CC(C)CC(C(=O)O)C2)ccn1. The van der Waals surface area contributed by atoms with Crippen LogP contribution in [0.4, 0.5) is 5.69 Å². The number of carboxylic acid groups (broad SMARTS) is 1. The molecule has 2 atom stereocenters. The van der Waals surface area contributed by atoms with Gasteiger partial charge in [0.25, 0.3) is 0 Å². The van der Waals surface area contributed by atoms with Crippen LogP contribution in [0.5, 0.6) is 0 Å². The van der Waals surface area contributed by atoms with Gasteiger partial charge in [0.15, 0.2) is 0 Å². The van der Waals surface area contributed by atoms with Crippen molar-refractivity contribution in [3.63, 3.8) is 0 Å². The van der Waals surface area contributed by atoms with E-state index in [9.17, 15) is 4.79 Å². The highest BCUT2D eigenvalue weighted by molar-refractivity contribution is 5.71. The number of hydrogen-bond acceptors (Lipinski definition) is 3. The van der Waals surface area contributed by atoms with Gasteiger partial charge in [0.2, 0.25) is 0 Å². The first-order chi connectivity index (χ1) is 8.06. The van der Waals surface area contributed by atoms with Crippen molar-refractivity contribution in [2.24, 2.45) is 11.8 Å². The molecule has 1 fully saturated rings. The Kier molecular flexibility index (Phi) is 3.31. The van der Waals surface area contributed by atoms with Crippen molar-refractivity contribution in [2.75, 3.05) is 18.0 Å². The van der Waals surface area contributed by atoms with Crippen LogP contribution in [-0.4, -0.2) is 29.1 Å². The zero-order valence-electron chi connectivity index (χ0n) is 10.3. The Hall–Kier alpha value is -1.58. The van der Waals surface area contributed by atoms with Crippen molar-refractivity contribution in [3.05, 3.63) is 24.0 Å². The van der Waals surface area contributed by atoms with Crippen LogP contribution >= 0.6 is 0 Å². The number of carboxylic acids is 1. The summed E-state index contributed by atoms with van der Waals surface area (Å²) in [6.45, 7) is 5.58. The fourth-order valence-electron chi connectivity index (χ4n) is 2.47. The first kappa shape index (κ1) is 11.9. The molecule has 92 valence electrons. The third-order valence-electron chi connectivity index (χ3n) is 3.25. The summed E-state index contributed by atoms with van der Waals surface area (Å²) in [5.41, 5.74) is 2.04. The average molecular weight is 234 g/mol. The van der Waals surface area contributed by atoms with Crippen molar-refractivity contribution in [1.82, 2.24) is 4.98 Å². The lowest BCUT2D eigenvalue weighted by atomic mass is 9.90. The summed E-state index contributed by atoms with van der Waals surface area (Å²) in [5, 5.41) is 9.14. The summed E-state index contributed by atoms with van der Waals surface area (Å²) in [7, 11) is 0. The third kappa shape index (κ3) is 2.75. The van der Waals surface area contributed by atoms with Crippen LogP contribution in [0.15, 0.2) is 18.3 Å². The third-order valence-corrected chi connectivity index (χ3v) is 3.25. The molecule has 4 heteroatoms. The molecule has 0 bridgehead atoms. The van der Waals surface area contributed by atoms with Gasteiger partial charge in [-0.3, -0.25) is 9.78 Å². The number of carbonyl (C=O) groups is 1. The van der Waals surface area contributed by atoms with Crippen molar-refractivity contribution in [2.45, 2.75) is 20.3 Å². The molecule has 2 unspecified atom stereocenters. The van der Waals surface area contributed by atoms with E-state index in [2.05, 4.69) is 16.8 Å². The highest BCUT2D eigenvalue weighted by atomic mass is 16.4. The Labute approximate surface area is 101 Å². The quantitative estimate of drug-likeness (QED) is 0.849. The van der Waals surface area contributed by atoms with E-state index in [1.54, 1.807) is 6.20 Å². The molecule has 0 amide bonds. The Morgan fingerprint density at radius 2 is 2.29 bits per heavy atom. The number of aliphatic carboxylic acids is 1. The fraction of sp³-hybridized carbons (Fsp3) is 0.538. The van der Waals surface area contributed by atoms with Gasteiger partial charge >= 0.3 is 5.97 Å². The first-order valence-corrected chi connectivity index (χ1v) is 5.96. The first-order valence-electron chi connectivity index (χ1n) is 5.96. The van der Waals surface area contributed by atoms with Gasteiger partial charge in [0, 0.05) is 30.7 Å². The van der Waals surface area contributed by atoms with Gasteiger partial charge in [-0.2, -0.15) is 0 Å². The highest BCUT2D eigenvalue weighted by Crippen LogP contribution is 2.26. The van der Waals surface area contributed by atoms with E-state index < -0.39 is 5.97 Å². The predicted octanol–water partition coefficient (Wildman–Crippen LogP) is 1.94. The van der Waals surface area contributed by atoms with Crippen LogP contribution in [0.25, 0.3) is 0 Å². The predicted molar refractivity (Wildman–Crippen MR) is 66.1 cm³/mol. The van der Waals surface area contributed by atoms with Gasteiger partial charge in [0.1, 0.15) is 0 Å². The maximum Gasteiger partial charge on any atom is 0.308 e. The maximum absolute atomic E-state index is 11.1.